The Hall–Kier alpha value is -0.940. The van der Waals surface area contributed by atoms with Gasteiger partial charge in [0.15, 0.2) is 4.21 Å². The fraction of sp³-hybridized carbons (Fsp3) is 0.375. The number of thiophene rings is 1. The summed E-state index contributed by atoms with van der Waals surface area (Å²) in [5.74, 6) is 0. The van der Waals surface area contributed by atoms with Gasteiger partial charge in [0.05, 0.1) is 12.2 Å². The minimum Gasteiger partial charge on any atom is -0.383 e. The molecule has 5 nitrogen and oxygen atoms in total. The molecule has 15 heavy (non-hydrogen) atoms. The third-order valence-electron chi connectivity index (χ3n) is 1.59. The number of ether oxygens (including phenoxy) is 1. The lowest BCUT2D eigenvalue weighted by Gasteiger charge is -2.03. The maximum Gasteiger partial charge on any atom is 0.251 e. The number of rotatable bonds is 5. The van der Waals surface area contributed by atoms with Crippen LogP contribution < -0.4 is 4.72 Å². The largest absolute Gasteiger partial charge is 0.383 e. The van der Waals surface area contributed by atoms with Crippen LogP contribution in [0.5, 0.6) is 0 Å². The number of nitrogens with one attached hydrogen (secondary N) is 1. The van der Waals surface area contributed by atoms with E-state index in [1.54, 1.807) is 5.38 Å². The highest BCUT2D eigenvalue weighted by atomic mass is 32.2. The molecule has 0 atom stereocenters. The molecule has 0 saturated carbocycles. The lowest BCUT2D eigenvalue weighted by Crippen LogP contribution is -2.27. The Balaban J connectivity index is 2.83. The van der Waals surface area contributed by atoms with Crippen molar-refractivity contribution >= 4 is 21.4 Å². The van der Waals surface area contributed by atoms with Crippen LogP contribution in [-0.4, -0.2) is 28.7 Å². The number of nitriles is 1. The van der Waals surface area contributed by atoms with Gasteiger partial charge in [-0.2, -0.15) is 5.26 Å². The first-order valence-electron chi connectivity index (χ1n) is 4.08. The standard InChI is InChI=1S/C8H10N2O3S2/c1-13-4-3-10-15(11,12)8-7(6-9)2-5-14-8/h2,5,10H,3-4H2,1H3. The van der Waals surface area contributed by atoms with Crippen molar-refractivity contribution in [3.05, 3.63) is 17.0 Å². The maximum absolute atomic E-state index is 11.6. The molecule has 0 aliphatic heterocycles. The van der Waals surface area contributed by atoms with E-state index in [1.165, 1.54) is 13.2 Å². The molecule has 1 aromatic heterocycles. The first-order chi connectivity index (χ1) is 7.11. The molecule has 7 heteroatoms. The van der Waals surface area contributed by atoms with E-state index in [9.17, 15) is 8.42 Å². The molecule has 0 bridgehead atoms. The van der Waals surface area contributed by atoms with Gasteiger partial charge in [-0.1, -0.05) is 0 Å². The van der Waals surface area contributed by atoms with Gasteiger partial charge in [-0.05, 0) is 11.4 Å². The highest BCUT2D eigenvalue weighted by Gasteiger charge is 2.19. The fourth-order valence-corrected chi connectivity index (χ4v) is 3.23. The van der Waals surface area contributed by atoms with Gasteiger partial charge < -0.3 is 4.74 Å². The van der Waals surface area contributed by atoms with Crippen LogP contribution in [0.15, 0.2) is 15.7 Å². The molecular weight excluding hydrogens is 236 g/mol. The summed E-state index contributed by atoms with van der Waals surface area (Å²) >= 11 is 1.03. The first-order valence-corrected chi connectivity index (χ1v) is 6.44. The Morgan fingerprint density at radius 1 is 1.67 bits per heavy atom. The minimum absolute atomic E-state index is 0.0566. The van der Waals surface area contributed by atoms with Gasteiger partial charge in [-0.25, -0.2) is 13.1 Å². The minimum atomic E-state index is -3.57. The van der Waals surface area contributed by atoms with Gasteiger partial charge in [0, 0.05) is 13.7 Å². The van der Waals surface area contributed by atoms with Crippen molar-refractivity contribution in [3.63, 3.8) is 0 Å². The highest BCUT2D eigenvalue weighted by molar-refractivity contribution is 7.91. The van der Waals surface area contributed by atoms with Crippen molar-refractivity contribution in [2.75, 3.05) is 20.3 Å². The van der Waals surface area contributed by atoms with Gasteiger partial charge in [0.25, 0.3) is 10.0 Å². The van der Waals surface area contributed by atoms with Crippen molar-refractivity contribution < 1.29 is 13.2 Å². The zero-order valence-corrected chi connectivity index (χ0v) is 9.69. The van der Waals surface area contributed by atoms with E-state index in [4.69, 9.17) is 10.00 Å². The molecule has 0 spiro atoms. The summed E-state index contributed by atoms with van der Waals surface area (Å²) in [6.07, 6.45) is 0. The quantitative estimate of drug-likeness (QED) is 0.769. The van der Waals surface area contributed by atoms with E-state index in [1.807, 2.05) is 6.07 Å². The summed E-state index contributed by atoms with van der Waals surface area (Å²) in [6.45, 7) is 0.494. The van der Waals surface area contributed by atoms with Crippen LogP contribution in [0.25, 0.3) is 0 Å². The van der Waals surface area contributed by atoms with E-state index in [0.29, 0.717) is 6.61 Å². The van der Waals surface area contributed by atoms with Crippen molar-refractivity contribution in [3.8, 4) is 6.07 Å². The van der Waals surface area contributed by atoms with Crippen LogP contribution in [0.1, 0.15) is 5.56 Å². The second-order valence-corrected chi connectivity index (χ2v) is 5.50. The summed E-state index contributed by atoms with van der Waals surface area (Å²) < 4.78 is 30.4. The molecule has 1 N–H and O–H groups in total. The van der Waals surface area contributed by atoms with E-state index in [0.717, 1.165) is 11.3 Å². The SMILES string of the molecule is COCCNS(=O)(=O)c1sccc1C#N. The third-order valence-corrected chi connectivity index (χ3v) is 4.54. The normalized spacial score (nSPS) is 11.2. The van der Waals surface area contributed by atoms with Crippen molar-refractivity contribution in [1.29, 1.82) is 5.26 Å². The zero-order valence-electron chi connectivity index (χ0n) is 8.06. The highest BCUT2D eigenvalue weighted by Crippen LogP contribution is 2.21. The summed E-state index contributed by atoms with van der Waals surface area (Å²) in [4.78, 5) is 0. The van der Waals surface area contributed by atoms with Gasteiger partial charge in [-0.15, -0.1) is 11.3 Å². The zero-order chi connectivity index (χ0) is 11.3. The molecule has 0 aromatic carbocycles. The number of nitrogens with zero attached hydrogens (tertiary/aromatic N) is 1. The summed E-state index contributed by atoms with van der Waals surface area (Å²) in [5, 5.41) is 10.3. The molecule has 1 rings (SSSR count). The number of methoxy groups -OCH3 is 1. The van der Waals surface area contributed by atoms with Crippen molar-refractivity contribution in [1.82, 2.24) is 4.72 Å². The van der Waals surface area contributed by atoms with E-state index >= 15 is 0 Å². The lowest BCUT2D eigenvalue weighted by atomic mass is 10.4. The van der Waals surface area contributed by atoms with E-state index in [2.05, 4.69) is 4.72 Å². The molecule has 0 radical (unpaired) electrons. The van der Waals surface area contributed by atoms with Crippen LogP contribution in [0.4, 0.5) is 0 Å². The molecular formula is C8H10N2O3S2. The molecule has 1 heterocycles. The Labute approximate surface area is 92.3 Å². The van der Waals surface area contributed by atoms with Gasteiger partial charge >= 0.3 is 0 Å². The molecule has 1 aromatic rings. The van der Waals surface area contributed by atoms with Crippen LogP contribution in [-0.2, 0) is 14.8 Å². The predicted molar refractivity (Wildman–Crippen MR) is 56.1 cm³/mol. The molecule has 0 aliphatic carbocycles. The Morgan fingerprint density at radius 2 is 2.40 bits per heavy atom. The van der Waals surface area contributed by atoms with E-state index < -0.39 is 10.0 Å². The van der Waals surface area contributed by atoms with Crippen molar-refractivity contribution in [2.45, 2.75) is 4.21 Å². The van der Waals surface area contributed by atoms with Gasteiger partial charge in [0.2, 0.25) is 0 Å². The smallest absolute Gasteiger partial charge is 0.251 e. The predicted octanol–water partition coefficient (Wildman–Crippen LogP) is 0.544. The molecule has 82 valence electrons. The van der Waals surface area contributed by atoms with Crippen molar-refractivity contribution in [2.24, 2.45) is 0 Å². The summed E-state index contributed by atoms with van der Waals surface area (Å²) in [7, 11) is -2.08. The number of hydrogen-bond acceptors (Lipinski definition) is 5. The monoisotopic (exact) mass is 246 g/mol. The molecule has 0 amide bonds. The summed E-state index contributed by atoms with van der Waals surface area (Å²) in [5.41, 5.74) is 0.171. The lowest BCUT2D eigenvalue weighted by molar-refractivity contribution is 0.204. The number of sulfonamides is 1. The van der Waals surface area contributed by atoms with Crippen LogP contribution in [0.2, 0.25) is 0 Å². The van der Waals surface area contributed by atoms with E-state index in [-0.39, 0.29) is 16.3 Å². The van der Waals surface area contributed by atoms with Crippen LogP contribution in [0, 0.1) is 11.3 Å². The Morgan fingerprint density at radius 3 is 3.00 bits per heavy atom. The second-order valence-electron chi connectivity index (χ2n) is 2.62. The van der Waals surface area contributed by atoms with Crippen LogP contribution >= 0.6 is 11.3 Å². The van der Waals surface area contributed by atoms with Gasteiger partial charge in [0.1, 0.15) is 6.07 Å². The van der Waals surface area contributed by atoms with Crippen LogP contribution in [0.3, 0.4) is 0 Å². The topological polar surface area (TPSA) is 79.2 Å². The average Bonchev–Trinajstić information content (AvgIpc) is 2.66. The second kappa shape index (κ2) is 5.23. The first kappa shape index (κ1) is 12.1. The molecule has 0 unspecified atom stereocenters. The summed E-state index contributed by atoms with van der Waals surface area (Å²) in [6, 6.07) is 3.31. The third kappa shape index (κ3) is 3.00. The average molecular weight is 246 g/mol. The molecule has 0 saturated heterocycles. The fourth-order valence-electron chi connectivity index (χ4n) is 0.930. The maximum atomic E-state index is 11.6. The number of hydrogen-bond donors (Lipinski definition) is 1. The molecule has 0 aliphatic rings. The van der Waals surface area contributed by atoms with Gasteiger partial charge in [-0.3, -0.25) is 0 Å². The Bertz CT molecular complexity index is 458. The Kier molecular flexibility index (Phi) is 4.23. The molecule has 0 fully saturated rings.